The lowest BCUT2D eigenvalue weighted by Crippen LogP contribution is -2.55. The van der Waals surface area contributed by atoms with Gasteiger partial charge in [-0.3, -0.25) is 9.69 Å². The van der Waals surface area contributed by atoms with Crippen molar-refractivity contribution in [2.24, 2.45) is 0 Å². The second kappa shape index (κ2) is 8.49. The Morgan fingerprint density at radius 3 is 2.93 bits per heavy atom. The Bertz CT molecular complexity index is 1070. The predicted octanol–water partition coefficient (Wildman–Crippen LogP) is 3.67. The number of halogens is 1. The first kappa shape index (κ1) is 19.8. The summed E-state index contributed by atoms with van der Waals surface area (Å²) < 4.78 is 0.782. The van der Waals surface area contributed by atoms with Crippen LogP contribution in [0.4, 0.5) is 5.82 Å². The molecule has 1 amide bonds. The summed E-state index contributed by atoms with van der Waals surface area (Å²) in [6, 6.07) is 9.63. The number of hydrogen-bond donors (Lipinski definition) is 1. The lowest BCUT2D eigenvalue weighted by molar-refractivity contribution is -0.141. The molecule has 29 heavy (non-hydrogen) atoms. The molecule has 150 valence electrons. The van der Waals surface area contributed by atoms with Gasteiger partial charge in [0.15, 0.2) is 0 Å². The number of anilines is 1. The van der Waals surface area contributed by atoms with E-state index in [0.717, 1.165) is 38.8 Å². The number of thiophene rings is 1. The molecule has 2 aromatic heterocycles. The van der Waals surface area contributed by atoms with Gasteiger partial charge in [0.2, 0.25) is 5.91 Å². The lowest BCUT2D eigenvalue weighted by Gasteiger charge is -2.38. The predicted molar refractivity (Wildman–Crippen MR) is 119 cm³/mol. The van der Waals surface area contributed by atoms with Crippen LogP contribution in [0, 0.1) is 0 Å². The van der Waals surface area contributed by atoms with Gasteiger partial charge in [-0.2, -0.15) is 0 Å². The summed E-state index contributed by atoms with van der Waals surface area (Å²) in [6.45, 7) is 4.82. The van der Waals surface area contributed by atoms with E-state index < -0.39 is 0 Å². The topological polar surface area (TPSA) is 75.3 Å². The molecule has 1 aromatic carbocycles. The van der Waals surface area contributed by atoms with Crippen molar-refractivity contribution in [3.05, 3.63) is 57.5 Å². The summed E-state index contributed by atoms with van der Waals surface area (Å²) >= 11 is 7.51. The smallest absolute Gasteiger partial charge is 0.239 e. The van der Waals surface area contributed by atoms with E-state index in [0.29, 0.717) is 18.9 Å². The fraction of sp³-hybridized carbons (Fsp3) is 0.286. The molecule has 8 heteroatoms. The highest BCUT2D eigenvalue weighted by Gasteiger charge is 2.30. The van der Waals surface area contributed by atoms with Crippen molar-refractivity contribution >= 4 is 51.6 Å². The number of hydrogen-bond acceptors (Lipinski definition) is 6. The average molecular weight is 428 g/mol. The Morgan fingerprint density at radius 1 is 1.28 bits per heavy atom. The number of nitrogen functional groups attached to an aromatic ring is 1. The largest absolute Gasteiger partial charge is 0.383 e. The fourth-order valence-electron chi connectivity index (χ4n) is 3.54. The number of nitrogens with zero attached hydrogens (tertiary/aromatic N) is 4. The zero-order valence-corrected chi connectivity index (χ0v) is 17.7. The van der Waals surface area contributed by atoms with Crippen LogP contribution in [0.2, 0.25) is 4.34 Å². The minimum absolute atomic E-state index is 0.145. The van der Waals surface area contributed by atoms with Gasteiger partial charge in [-0.1, -0.05) is 23.7 Å². The molecule has 1 saturated heterocycles. The molecule has 1 fully saturated rings. The number of piperazine rings is 1. The number of carbonyl (C=O) groups excluding carboxylic acids is 1. The van der Waals surface area contributed by atoms with E-state index in [2.05, 4.69) is 27.0 Å². The molecule has 1 aliphatic heterocycles. The van der Waals surface area contributed by atoms with Gasteiger partial charge in [-0.05, 0) is 42.8 Å². The SMILES string of the molecule is CC1C(=O)N(Cc2ccc3c(N)ncnc3c2)CCN1C/C=C/c1ccc(Cl)s1. The minimum atomic E-state index is -0.154. The summed E-state index contributed by atoms with van der Waals surface area (Å²) in [6.07, 6.45) is 5.61. The van der Waals surface area contributed by atoms with E-state index in [-0.39, 0.29) is 11.9 Å². The van der Waals surface area contributed by atoms with Crippen LogP contribution in [0.3, 0.4) is 0 Å². The molecule has 3 aromatic rings. The zero-order valence-electron chi connectivity index (χ0n) is 16.1. The first-order valence-corrected chi connectivity index (χ1v) is 10.6. The summed E-state index contributed by atoms with van der Waals surface area (Å²) in [5.74, 6) is 0.615. The second-order valence-corrected chi connectivity index (χ2v) is 8.83. The Kier molecular flexibility index (Phi) is 5.80. The summed E-state index contributed by atoms with van der Waals surface area (Å²) in [5.41, 5.74) is 7.73. The van der Waals surface area contributed by atoms with Crippen molar-refractivity contribution in [2.75, 3.05) is 25.4 Å². The normalized spacial score (nSPS) is 18.2. The highest BCUT2D eigenvalue weighted by atomic mass is 35.5. The molecule has 0 saturated carbocycles. The first-order chi connectivity index (χ1) is 14.0. The number of rotatable bonds is 5. The molecule has 0 aliphatic carbocycles. The van der Waals surface area contributed by atoms with Crippen molar-refractivity contribution in [1.82, 2.24) is 19.8 Å². The summed E-state index contributed by atoms with van der Waals surface area (Å²) in [4.78, 5) is 26.4. The van der Waals surface area contributed by atoms with Crippen molar-refractivity contribution in [2.45, 2.75) is 19.5 Å². The molecule has 2 N–H and O–H groups in total. The minimum Gasteiger partial charge on any atom is -0.383 e. The third-order valence-corrected chi connectivity index (χ3v) is 6.39. The van der Waals surface area contributed by atoms with Gasteiger partial charge in [0, 0.05) is 36.4 Å². The molecule has 4 rings (SSSR count). The molecule has 0 spiro atoms. The molecule has 1 unspecified atom stereocenters. The van der Waals surface area contributed by atoms with E-state index in [1.807, 2.05) is 42.2 Å². The molecular weight excluding hydrogens is 406 g/mol. The molecule has 0 bridgehead atoms. The Balaban J connectivity index is 1.39. The Hall–Kier alpha value is -2.48. The van der Waals surface area contributed by atoms with Gasteiger partial charge < -0.3 is 10.6 Å². The van der Waals surface area contributed by atoms with Crippen LogP contribution in [-0.4, -0.2) is 51.4 Å². The van der Waals surface area contributed by atoms with Crippen molar-refractivity contribution < 1.29 is 4.79 Å². The van der Waals surface area contributed by atoms with Crippen LogP contribution < -0.4 is 5.73 Å². The van der Waals surface area contributed by atoms with Crippen molar-refractivity contribution in [3.63, 3.8) is 0 Å². The zero-order chi connectivity index (χ0) is 20.4. The molecule has 3 heterocycles. The molecule has 1 atom stereocenters. The number of carbonyl (C=O) groups is 1. The average Bonchev–Trinajstić information content (AvgIpc) is 3.12. The maximum atomic E-state index is 12.9. The number of amides is 1. The summed E-state index contributed by atoms with van der Waals surface area (Å²) in [7, 11) is 0. The monoisotopic (exact) mass is 427 g/mol. The van der Waals surface area contributed by atoms with Crippen LogP contribution in [0.25, 0.3) is 17.0 Å². The van der Waals surface area contributed by atoms with Crippen molar-refractivity contribution in [3.8, 4) is 0 Å². The first-order valence-electron chi connectivity index (χ1n) is 9.45. The van der Waals surface area contributed by atoms with Gasteiger partial charge in [0.1, 0.15) is 12.1 Å². The van der Waals surface area contributed by atoms with Crippen LogP contribution in [0.5, 0.6) is 0 Å². The number of fused-ring (bicyclic) bond motifs is 1. The molecule has 0 radical (unpaired) electrons. The van der Waals surface area contributed by atoms with Gasteiger partial charge in [0.05, 0.1) is 15.9 Å². The van der Waals surface area contributed by atoms with E-state index in [4.69, 9.17) is 17.3 Å². The van der Waals surface area contributed by atoms with Gasteiger partial charge in [-0.25, -0.2) is 9.97 Å². The van der Waals surface area contributed by atoms with E-state index in [9.17, 15) is 4.79 Å². The summed E-state index contributed by atoms with van der Waals surface area (Å²) in [5, 5.41) is 0.833. The van der Waals surface area contributed by atoms with Crippen LogP contribution in [0.1, 0.15) is 17.4 Å². The number of aromatic nitrogens is 2. The maximum absolute atomic E-state index is 12.9. The fourth-order valence-corrected chi connectivity index (χ4v) is 4.54. The quantitative estimate of drug-likeness (QED) is 0.672. The van der Waals surface area contributed by atoms with E-state index in [1.165, 1.54) is 6.33 Å². The second-order valence-electron chi connectivity index (χ2n) is 7.09. The molecule has 6 nitrogen and oxygen atoms in total. The van der Waals surface area contributed by atoms with E-state index >= 15 is 0 Å². The Labute approximate surface area is 178 Å². The molecular formula is C21H22ClN5OS. The van der Waals surface area contributed by atoms with Gasteiger partial charge in [0.25, 0.3) is 0 Å². The standard InChI is InChI=1S/C21H22ClN5OS/c1-14-21(28)27(10-9-26(14)8-2-3-16-5-7-19(22)29-16)12-15-4-6-17-18(11-15)24-13-25-20(17)23/h2-7,11,13-14H,8-10,12H2,1H3,(H2,23,24,25)/b3-2+. The lowest BCUT2D eigenvalue weighted by atomic mass is 10.1. The number of benzene rings is 1. The highest BCUT2D eigenvalue weighted by molar-refractivity contribution is 7.16. The van der Waals surface area contributed by atoms with Crippen molar-refractivity contribution in [1.29, 1.82) is 0 Å². The van der Waals surface area contributed by atoms with Crippen LogP contribution >= 0.6 is 22.9 Å². The molecule has 1 aliphatic rings. The maximum Gasteiger partial charge on any atom is 0.239 e. The third-order valence-electron chi connectivity index (χ3n) is 5.20. The Morgan fingerprint density at radius 2 is 2.14 bits per heavy atom. The third kappa shape index (κ3) is 4.42. The van der Waals surface area contributed by atoms with Crippen LogP contribution in [-0.2, 0) is 11.3 Å². The van der Waals surface area contributed by atoms with Gasteiger partial charge >= 0.3 is 0 Å². The van der Waals surface area contributed by atoms with E-state index in [1.54, 1.807) is 11.3 Å². The number of nitrogens with two attached hydrogens (primary N) is 1. The highest BCUT2D eigenvalue weighted by Crippen LogP contribution is 2.23. The van der Waals surface area contributed by atoms with Crippen LogP contribution in [0.15, 0.2) is 42.7 Å². The van der Waals surface area contributed by atoms with Gasteiger partial charge in [-0.15, -0.1) is 11.3 Å².